The first-order valence-electron chi connectivity index (χ1n) is 4.52. The molecule has 3 aliphatic rings. The molecule has 2 unspecified atom stereocenters. The standard InChI is InChI=1S/C10H11NO2/c1-2-7-4-9-10(13-6-12-9)5-8(7)11-3-1/h1-4,8,10-11H,5-6H2. The van der Waals surface area contributed by atoms with E-state index >= 15 is 0 Å². The van der Waals surface area contributed by atoms with Crippen LogP contribution in [0, 0.1) is 0 Å². The number of allylic oxidation sites excluding steroid dienone is 2. The molecule has 2 atom stereocenters. The third kappa shape index (κ3) is 1.08. The second-order valence-electron chi connectivity index (χ2n) is 3.44. The molecule has 1 aliphatic carbocycles. The minimum absolute atomic E-state index is 0.168. The topological polar surface area (TPSA) is 30.5 Å². The fraction of sp³-hybridized carbons (Fsp3) is 0.400. The quantitative estimate of drug-likeness (QED) is 0.600. The minimum atomic E-state index is 0.168. The van der Waals surface area contributed by atoms with Crippen molar-refractivity contribution in [1.82, 2.24) is 5.32 Å². The molecule has 0 amide bonds. The van der Waals surface area contributed by atoms with E-state index in [1.165, 1.54) is 5.57 Å². The van der Waals surface area contributed by atoms with Gasteiger partial charge in [0, 0.05) is 6.42 Å². The molecule has 68 valence electrons. The molecule has 0 saturated carbocycles. The molecule has 2 heterocycles. The molecule has 1 N–H and O–H groups in total. The average Bonchev–Trinajstić information content (AvgIpc) is 2.61. The van der Waals surface area contributed by atoms with Crippen molar-refractivity contribution in [1.29, 1.82) is 0 Å². The first kappa shape index (κ1) is 7.21. The van der Waals surface area contributed by atoms with Gasteiger partial charge in [0.15, 0.2) is 6.79 Å². The number of ether oxygens (including phenoxy) is 2. The molecule has 3 nitrogen and oxygen atoms in total. The molecule has 13 heavy (non-hydrogen) atoms. The van der Waals surface area contributed by atoms with Crippen LogP contribution in [0.1, 0.15) is 6.42 Å². The number of hydrogen-bond acceptors (Lipinski definition) is 3. The van der Waals surface area contributed by atoms with Gasteiger partial charge >= 0.3 is 0 Å². The van der Waals surface area contributed by atoms with Gasteiger partial charge in [0.05, 0.1) is 6.04 Å². The van der Waals surface area contributed by atoms with Crippen molar-refractivity contribution >= 4 is 0 Å². The Morgan fingerprint density at radius 2 is 2.46 bits per heavy atom. The Labute approximate surface area is 76.7 Å². The van der Waals surface area contributed by atoms with E-state index in [2.05, 4.69) is 17.5 Å². The van der Waals surface area contributed by atoms with E-state index < -0.39 is 0 Å². The SMILES string of the molecule is C1=CNC2CC3OCOC3=CC2=C1. The van der Waals surface area contributed by atoms with Gasteiger partial charge in [0.2, 0.25) is 0 Å². The number of dihydropyridines is 1. The van der Waals surface area contributed by atoms with Gasteiger partial charge < -0.3 is 14.8 Å². The van der Waals surface area contributed by atoms with Crippen molar-refractivity contribution < 1.29 is 9.47 Å². The smallest absolute Gasteiger partial charge is 0.189 e. The zero-order valence-electron chi connectivity index (χ0n) is 7.19. The highest BCUT2D eigenvalue weighted by molar-refractivity contribution is 5.38. The highest BCUT2D eigenvalue weighted by Gasteiger charge is 2.32. The molecule has 0 radical (unpaired) electrons. The molecule has 0 spiro atoms. The second kappa shape index (κ2) is 2.64. The van der Waals surface area contributed by atoms with Gasteiger partial charge in [-0.3, -0.25) is 0 Å². The normalized spacial score (nSPS) is 35.1. The summed E-state index contributed by atoms with van der Waals surface area (Å²) in [6.07, 6.45) is 9.33. The summed E-state index contributed by atoms with van der Waals surface area (Å²) in [5.41, 5.74) is 1.29. The first-order chi connectivity index (χ1) is 6.43. The highest BCUT2D eigenvalue weighted by atomic mass is 16.7. The van der Waals surface area contributed by atoms with Crippen molar-refractivity contribution in [3.63, 3.8) is 0 Å². The van der Waals surface area contributed by atoms with Gasteiger partial charge in [-0.1, -0.05) is 6.08 Å². The van der Waals surface area contributed by atoms with Gasteiger partial charge in [0.25, 0.3) is 0 Å². The van der Waals surface area contributed by atoms with Crippen LogP contribution in [0.3, 0.4) is 0 Å². The summed E-state index contributed by atoms with van der Waals surface area (Å²) < 4.78 is 10.8. The zero-order valence-corrected chi connectivity index (χ0v) is 7.19. The Bertz CT molecular complexity index is 317. The third-order valence-corrected chi connectivity index (χ3v) is 2.66. The van der Waals surface area contributed by atoms with Crippen LogP contribution in [-0.4, -0.2) is 18.9 Å². The zero-order chi connectivity index (χ0) is 8.67. The van der Waals surface area contributed by atoms with Crippen LogP contribution in [0.4, 0.5) is 0 Å². The summed E-state index contributed by atoms with van der Waals surface area (Å²) in [5.74, 6) is 0.986. The molecule has 3 heteroatoms. The van der Waals surface area contributed by atoms with E-state index in [1.54, 1.807) is 0 Å². The Hall–Kier alpha value is -1.22. The lowest BCUT2D eigenvalue weighted by atomic mass is 9.91. The van der Waals surface area contributed by atoms with E-state index in [-0.39, 0.29) is 6.10 Å². The number of rotatable bonds is 0. The molecule has 1 fully saturated rings. The van der Waals surface area contributed by atoms with Crippen LogP contribution >= 0.6 is 0 Å². The molecule has 1 saturated heterocycles. The maximum atomic E-state index is 5.42. The Morgan fingerprint density at radius 1 is 1.46 bits per heavy atom. The van der Waals surface area contributed by atoms with Gasteiger partial charge in [-0.15, -0.1) is 0 Å². The third-order valence-electron chi connectivity index (χ3n) is 2.66. The van der Waals surface area contributed by atoms with Gasteiger partial charge in [-0.25, -0.2) is 0 Å². The van der Waals surface area contributed by atoms with Crippen LogP contribution in [0.25, 0.3) is 0 Å². The summed E-state index contributed by atoms with van der Waals surface area (Å²) in [5, 5.41) is 3.30. The van der Waals surface area contributed by atoms with E-state index in [9.17, 15) is 0 Å². The highest BCUT2D eigenvalue weighted by Crippen LogP contribution is 2.31. The lowest BCUT2D eigenvalue weighted by Gasteiger charge is -2.27. The van der Waals surface area contributed by atoms with Gasteiger partial charge in [-0.05, 0) is 23.9 Å². The van der Waals surface area contributed by atoms with Crippen molar-refractivity contribution in [2.24, 2.45) is 0 Å². The summed E-state index contributed by atoms with van der Waals surface area (Å²) in [4.78, 5) is 0. The van der Waals surface area contributed by atoms with Crippen LogP contribution in [0.2, 0.25) is 0 Å². The fourth-order valence-electron chi connectivity index (χ4n) is 1.95. The number of nitrogens with one attached hydrogen (secondary N) is 1. The summed E-state index contributed by atoms with van der Waals surface area (Å²) in [6.45, 7) is 0.407. The molecule has 0 aromatic heterocycles. The number of fused-ring (bicyclic) bond motifs is 2. The largest absolute Gasteiger partial charge is 0.469 e. The summed E-state index contributed by atoms with van der Waals surface area (Å²) in [7, 11) is 0. The number of hydrogen-bond donors (Lipinski definition) is 1. The average molecular weight is 177 g/mol. The molecular weight excluding hydrogens is 166 g/mol. The monoisotopic (exact) mass is 177 g/mol. The lowest BCUT2D eigenvalue weighted by Crippen LogP contribution is -2.35. The second-order valence-corrected chi connectivity index (χ2v) is 3.44. The molecule has 0 aromatic rings. The molecule has 3 rings (SSSR count). The fourth-order valence-corrected chi connectivity index (χ4v) is 1.95. The van der Waals surface area contributed by atoms with Crippen LogP contribution in [-0.2, 0) is 9.47 Å². The van der Waals surface area contributed by atoms with Crippen LogP contribution in [0.15, 0.2) is 35.8 Å². The van der Waals surface area contributed by atoms with Crippen molar-refractivity contribution in [3.05, 3.63) is 35.8 Å². The Morgan fingerprint density at radius 3 is 3.46 bits per heavy atom. The van der Waals surface area contributed by atoms with Gasteiger partial charge in [0.1, 0.15) is 11.9 Å². The van der Waals surface area contributed by atoms with E-state index in [0.717, 1.165) is 12.2 Å². The van der Waals surface area contributed by atoms with Crippen molar-refractivity contribution in [3.8, 4) is 0 Å². The lowest BCUT2D eigenvalue weighted by molar-refractivity contribution is 0.0458. The van der Waals surface area contributed by atoms with E-state index in [1.807, 2.05) is 12.3 Å². The predicted octanol–water partition coefficient (Wildman–Crippen LogP) is 1.06. The Kier molecular flexibility index (Phi) is 1.46. The van der Waals surface area contributed by atoms with E-state index in [0.29, 0.717) is 12.8 Å². The Balaban J connectivity index is 1.97. The minimum Gasteiger partial charge on any atom is -0.469 e. The van der Waals surface area contributed by atoms with Crippen LogP contribution < -0.4 is 5.32 Å². The molecule has 0 bridgehead atoms. The first-order valence-corrected chi connectivity index (χ1v) is 4.52. The van der Waals surface area contributed by atoms with Gasteiger partial charge in [-0.2, -0.15) is 0 Å². The van der Waals surface area contributed by atoms with Crippen molar-refractivity contribution in [2.45, 2.75) is 18.6 Å². The molecular formula is C10H11NO2. The van der Waals surface area contributed by atoms with Crippen molar-refractivity contribution in [2.75, 3.05) is 6.79 Å². The van der Waals surface area contributed by atoms with E-state index in [4.69, 9.17) is 9.47 Å². The predicted molar refractivity (Wildman–Crippen MR) is 47.7 cm³/mol. The molecule has 0 aromatic carbocycles. The summed E-state index contributed by atoms with van der Waals surface area (Å²) >= 11 is 0. The molecule has 2 aliphatic heterocycles. The maximum Gasteiger partial charge on any atom is 0.189 e. The summed E-state index contributed by atoms with van der Waals surface area (Å²) in [6, 6.07) is 0.403. The van der Waals surface area contributed by atoms with Crippen LogP contribution in [0.5, 0.6) is 0 Å². The maximum absolute atomic E-state index is 5.42.